The quantitative estimate of drug-likeness (QED) is 0.854. The molecule has 1 fully saturated rings. The second-order valence-electron chi connectivity index (χ2n) is 4.49. The number of halogens is 4. The van der Waals surface area contributed by atoms with Gasteiger partial charge in [0.1, 0.15) is 0 Å². The molecule has 0 saturated carbocycles. The third kappa shape index (κ3) is 2.90. The summed E-state index contributed by atoms with van der Waals surface area (Å²) in [6, 6.07) is 3.65. The Morgan fingerprint density at radius 2 is 1.83 bits per heavy atom. The van der Waals surface area contributed by atoms with Crippen LogP contribution < -0.4 is 10.6 Å². The molecule has 0 spiro atoms. The smallest absolute Gasteiger partial charge is 0.370 e. The lowest BCUT2D eigenvalue weighted by Gasteiger charge is -2.32. The molecule has 1 aromatic rings. The van der Waals surface area contributed by atoms with E-state index in [0.29, 0.717) is 5.69 Å². The predicted molar refractivity (Wildman–Crippen MR) is 65.9 cm³/mol. The van der Waals surface area contributed by atoms with Gasteiger partial charge in [-0.15, -0.1) is 0 Å². The maximum atomic E-state index is 12.5. The van der Waals surface area contributed by atoms with Gasteiger partial charge < -0.3 is 10.6 Å². The van der Waals surface area contributed by atoms with Crippen molar-refractivity contribution in [2.75, 3.05) is 18.0 Å². The second-order valence-corrected chi connectivity index (χ2v) is 4.90. The van der Waals surface area contributed by atoms with Crippen molar-refractivity contribution in [3.63, 3.8) is 0 Å². The molecule has 2 rings (SSSR count). The Bertz CT molecular complexity index is 426. The molecule has 2 nitrogen and oxygen atoms in total. The van der Waals surface area contributed by atoms with E-state index in [1.165, 1.54) is 6.07 Å². The Morgan fingerprint density at radius 3 is 2.33 bits per heavy atom. The summed E-state index contributed by atoms with van der Waals surface area (Å²) in [6.07, 6.45) is -2.69. The number of rotatable bonds is 1. The largest absolute Gasteiger partial charge is 0.416 e. The molecule has 0 unspecified atom stereocenters. The van der Waals surface area contributed by atoms with Crippen molar-refractivity contribution in [1.82, 2.24) is 0 Å². The van der Waals surface area contributed by atoms with Crippen LogP contribution in [0.2, 0.25) is 5.02 Å². The van der Waals surface area contributed by atoms with Crippen LogP contribution in [-0.2, 0) is 6.18 Å². The van der Waals surface area contributed by atoms with Crippen molar-refractivity contribution in [1.29, 1.82) is 0 Å². The number of hydrogen-bond donors (Lipinski definition) is 1. The maximum absolute atomic E-state index is 12.5. The summed E-state index contributed by atoms with van der Waals surface area (Å²) >= 11 is 5.93. The molecule has 0 bridgehead atoms. The van der Waals surface area contributed by atoms with E-state index >= 15 is 0 Å². The Kier molecular flexibility index (Phi) is 3.73. The van der Waals surface area contributed by atoms with Gasteiger partial charge in [-0.2, -0.15) is 13.2 Å². The molecule has 6 heteroatoms. The van der Waals surface area contributed by atoms with Gasteiger partial charge in [-0.1, -0.05) is 11.6 Å². The molecular weight excluding hydrogens is 265 g/mol. The average molecular weight is 279 g/mol. The number of benzene rings is 1. The summed E-state index contributed by atoms with van der Waals surface area (Å²) in [5.41, 5.74) is 5.72. The molecule has 2 N–H and O–H groups in total. The molecule has 0 radical (unpaired) electrons. The number of nitrogens with zero attached hydrogens (tertiary/aromatic N) is 1. The summed E-state index contributed by atoms with van der Waals surface area (Å²) < 4.78 is 37.5. The van der Waals surface area contributed by atoms with Crippen LogP contribution in [0.4, 0.5) is 18.9 Å². The van der Waals surface area contributed by atoms with E-state index in [1.807, 2.05) is 4.90 Å². The minimum absolute atomic E-state index is 0.139. The average Bonchev–Trinajstić information content (AvgIpc) is 2.29. The van der Waals surface area contributed by atoms with E-state index in [0.717, 1.165) is 38.1 Å². The first kappa shape index (κ1) is 13.5. The van der Waals surface area contributed by atoms with Crippen LogP contribution in [0.15, 0.2) is 18.2 Å². The van der Waals surface area contributed by atoms with E-state index in [4.69, 9.17) is 17.3 Å². The predicted octanol–water partition coefficient (Wildman–Crippen LogP) is 3.29. The van der Waals surface area contributed by atoms with Gasteiger partial charge in [0.25, 0.3) is 0 Å². The number of nitrogens with two attached hydrogens (primary N) is 1. The summed E-state index contributed by atoms with van der Waals surface area (Å²) in [4.78, 5) is 1.98. The van der Waals surface area contributed by atoms with Crippen LogP contribution in [-0.4, -0.2) is 19.1 Å². The lowest BCUT2D eigenvalue weighted by molar-refractivity contribution is -0.137. The third-order valence-electron chi connectivity index (χ3n) is 3.16. The number of alkyl halides is 3. The Balaban J connectivity index is 2.20. The van der Waals surface area contributed by atoms with Gasteiger partial charge in [0.05, 0.1) is 16.3 Å². The van der Waals surface area contributed by atoms with E-state index in [1.54, 1.807) is 0 Å². The lowest BCUT2D eigenvalue weighted by atomic mass is 10.0. The molecule has 1 aromatic carbocycles. The molecule has 1 aliphatic heterocycles. The molecule has 100 valence electrons. The van der Waals surface area contributed by atoms with Crippen LogP contribution in [0.5, 0.6) is 0 Å². The molecule has 0 atom stereocenters. The number of piperidine rings is 1. The van der Waals surface area contributed by atoms with Gasteiger partial charge in [0.2, 0.25) is 0 Å². The van der Waals surface area contributed by atoms with E-state index in [2.05, 4.69) is 0 Å². The molecule has 1 aliphatic rings. The van der Waals surface area contributed by atoms with Crippen molar-refractivity contribution >= 4 is 17.3 Å². The molecule has 1 saturated heterocycles. The Labute approximate surface area is 109 Å². The highest BCUT2D eigenvalue weighted by Gasteiger charge is 2.31. The second kappa shape index (κ2) is 4.97. The SMILES string of the molecule is NC1CCN(c2ccc(C(F)(F)F)cc2Cl)CC1. The van der Waals surface area contributed by atoms with Gasteiger partial charge in [-0.05, 0) is 31.0 Å². The van der Waals surface area contributed by atoms with Gasteiger partial charge in [0.15, 0.2) is 0 Å². The summed E-state index contributed by atoms with van der Waals surface area (Å²) in [7, 11) is 0. The van der Waals surface area contributed by atoms with E-state index < -0.39 is 11.7 Å². The van der Waals surface area contributed by atoms with Crippen molar-refractivity contribution in [3.05, 3.63) is 28.8 Å². The lowest BCUT2D eigenvalue weighted by Crippen LogP contribution is -2.39. The fraction of sp³-hybridized carbons (Fsp3) is 0.500. The zero-order chi connectivity index (χ0) is 13.3. The van der Waals surface area contributed by atoms with Crippen LogP contribution in [0.25, 0.3) is 0 Å². The zero-order valence-electron chi connectivity index (χ0n) is 9.67. The highest BCUT2D eigenvalue weighted by Crippen LogP contribution is 2.35. The van der Waals surface area contributed by atoms with Gasteiger partial charge in [-0.25, -0.2) is 0 Å². The molecule has 0 aliphatic carbocycles. The van der Waals surface area contributed by atoms with Crippen molar-refractivity contribution in [2.24, 2.45) is 5.73 Å². The highest BCUT2D eigenvalue weighted by atomic mass is 35.5. The summed E-state index contributed by atoms with van der Waals surface area (Å²) in [5.74, 6) is 0. The van der Waals surface area contributed by atoms with E-state index in [-0.39, 0.29) is 11.1 Å². The van der Waals surface area contributed by atoms with Gasteiger partial charge >= 0.3 is 6.18 Å². The summed E-state index contributed by atoms with van der Waals surface area (Å²) in [6.45, 7) is 1.46. The standard InChI is InChI=1S/C12H14ClF3N2/c13-10-7-8(12(14,15)16)1-2-11(10)18-5-3-9(17)4-6-18/h1-2,7,9H,3-6,17H2. The molecule has 0 aromatic heterocycles. The van der Waals surface area contributed by atoms with E-state index in [9.17, 15) is 13.2 Å². The monoisotopic (exact) mass is 278 g/mol. The third-order valence-corrected chi connectivity index (χ3v) is 3.46. The molecule has 1 heterocycles. The summed E-state index contributed by atoms with van der Waals surface area (Å²) in [5, 5.41) is 0.139. The first-order valence-corrected chi connectivity index (χ1v) is 6.13. The normalized spacial score (nSPS) is 18.2. The zero-order valence-corrected chi connectivity index (χ0v) is 10.4. The molecule has 0 amide bonds. The minimum atomic E-state index is -4.35. The van der Waals surface area contributed by atoms with Crippen LogP contribution in [0, 0.1) is 0 Å². The van der Waals surface area contributed by atoms with Crippen molar-refractivity contribution < 1.29 is 13.2 Å². The topological polar surface area (TPSA) is 29.3 Å². The van der Waals surface area contributed by atoms with Crippen molar-refractivity contribution in [3.8, 4) is 0 Å². The van der Waals surface area contributed by atoms with Gasteiger partial charge in [0, 0.05) is 19.1 Å². The number of anilines is 1. The first-order chi connectivity index (χ1) is 8.38. The fourth-order valence-corrected chi connectivity index (χ4v) is 2.38. The van der Waals surface area contributed by atoms with Crippen molar-refractivity contribution in [2.45, 2.75) is 25.1 Å². The maximum Gasteiger partial charge on any atom is 0.416 e. The first-order valence-electron chi connectivity index (χ1n) is 5.75. The highest BCUT2D eigenvalue weighted by molar-refractivity contribution is 6.33. The van der Waals surface area contributed by atoms with Crippen LogP contribution in [0.1, 0.15) is 18.4 Å². The number of hydrogen-bond acceptors (Lipinski definition) is 2. The van der Waals surface area contributed by atoms with Crippen LogP contribution >= 0.6 is 11.6 Å². The molecular formula is C12H14ClF3N2. The van der Waals surface area contributed by atoms with Crippen LogP contribution in [0.3, 0.4) is 0 Å². The Morgan fingerprint density at radius 1 is 1.22 bits per heavy atom. The Hall–Kier alpha value is -0.940. The molecule has 18 heavy (non-hydrogen) atoms. The minimum Gasteiger partial charge on any atom is -0.370 e. The fourth-order valence-electron chi connectivity index (χ4n) is 2.08. The van der Waals surface area contributed by atoms with Gasteiger partial charge in [-0.3, -0.25) is 0 Å².